The number of rotatable bonds is 8. The molecule has 0 saturated carbocycles. The fourth-order valence-corrected chi connectivity index (χ4v) is 2.25. The molecule has 0 spiro atoms. The van der Waals surface area contributed by atoms with Gasteiger partial charge < -0.3 is 14.2 Å². The summed E-state index contributed by atoms with van der Waals surface area (Å²) in [7, 11) is 3.85. The van der Waals surface area contributed by atoms with Gasteiger partial charge in [0.15, 0.2) is 11.5 Å². The van der Waals surface area contributed by atoms with Crippen LogP contribution in [0.5, 0.6) is 5.88 Å². The first-order valence-corrected chi connectivity index (χ1v) is 8.20. The maximum Gasteiger partial charge on any atom is 0.265 e. The van der Waals surface area contributed by atoms with Gasteiger partial charge in [-0.3, -0.25) is 4.79 Å². The number of hydrogen-bond donors (Lipinski definition) is 0. The van der Waals surface area contributed by atoms with Gasteiger partial charge in [-0.05, 0) is 31.2 Å². The third kappa shape index (κ3) is 4.23. The second-order valence-electron chi connectivity index (χ2n) is 6.86. The molecule has 0 N–H and O–H groups in total. The molecule has 0 radical (unpaired) electrons. The highest BCUT2D eigenvalue weighted by atomic mass is 16.5. The smallest absolute Gasteiger partial charge is 0.265 e. The number of hydrogen-bond acceptors (Lipinski definition) is 5. The van der Waals surface area contributed by atoms with E-state index in [1.807, 2.05) is 70.1 Å². The highest BCUT2D eigenvalue weighted by Crippen LogP contribution is 2.33. The molecule has 1 aromatic heterocycles. The van der Waals surface area contributed by atoms with Crippen LogP contribution in [0.3, 0.4) is 0 Å². The normalized spacial score (nSPS) is 11.8. The van der Waals surface area contributed by atoms with Crippen molar-refractivity contribution < 1.29 is 14.1 Å². The Balaban J connectivity index is 2.30. The minimum absolute atomic E-state index is 0.00571. The van der Waals surface area contributed by atoms with Gasteiger partial charge in [0.05, 0.1) is 6.54 Å². The van der Waals surface area contributed by atoms with Crippen molar-refractivity contribution in [3.63, 3.8) is 0 Å². The number of carbonyl (C=O) groups excluding carboxylic acids is 1. The molecule has 0 fully saturated rings. The van der Waals surface area contributed by atoms with Crippen LogP contribution in [0.25, 0.3) is 0 Å². The minimum Gasteiger partial charge on any atom is -0.470 e. The number of ketones is 1. The first-order valence-electron chi connectivity index (χ1n) is 8.20. The molecule has 5 heteroatoms. The molecule has 2 aromatic rings. The van der Waals surface area contributed by atoms with Crippen molar-refractivity contribution in [3.05, 3.63) is 47.2 Å². The molecule has 24 heavy (non-hydrogen) atoms. The van der Waals surface area contributed by atoms with Crippen molar-refractivity contribution in [2.45, 2.75) is 40.3 Å². The van der Waals surface area contributed by atoms with E-state index < -0.39 is 5.41 Å². The third-order valence-electron chi connectivity index (χ3n) is 4.14. The molecule has 2 rings (SSSR count). The van der Waals surface area contributed by atoms with Gasteiger partial charge in [-0.15, -0.1) is 0 Å². The van der Waals surface area contributed by atoms with Gasteiger partial charge in [0.2, 0.25) is 0 Å². The highest BCUT2D eigenvalue weighted by molar-refractivity contribution is 6.02. The Bertz CT molecular complexity index is 675. The lowest BCUT2D eigenvalue weighted by Gasteiger charge is -2.21. The Kier molecular flexibility index (Phi) is 5.78. The number of carbonyl (C=O) groups is 1. The lowest BCUT2D eigenvalue weighted by atomic mass is 9.82. The molecule has 0 bridgehead atoms. The van der Waals surface area contributed by atoms with Gasteiger partial charge in [0.25, 0.3) is 5.88 Å². The fourth-order valence-electron chi connectivity index (χ4n) is 2.25. The predicted molar refractivity (Wildman–Crippen MR) is 93.1 cm³/mol. The molecule has 5 nitrogen and oxygen atoms in total. The van der Waals surface area contributed by atoms with Crippen molar-refractivity contribution in [2.24, 2.45) is 5.41 Å². The van der Waals surface area contributed by atoms with E-state index in [9.17, 15) is 4.79 Å². The van der Waals surface area contributed by atoms with Crippen LogP contribution < -0.4 is 4.74 Å². The maximum absolute atomic E-state index is 13.0. The molecular weight excluding hydrogens is 304 g/mol. The van der Waals surface area contributed by atoms with Crippen molar-refractivity contribution in [1.29, 1.82) is 0 Å². The number of aromatic nitrogens is 1. The summed E-state index contributed by atoms with van der Waals surface area (Å²) in [5.41, 5.74) is 0.992. The van der Waals surface area contributed by atoms with Crippen LogP contribution in [0, 0.1) is 5.41 Å². The molecule has 0 atom stereocenters. The standard InChI is InChI=1S/C19H26N2O3/c1-6-19(2,3)17(22)16-15(12-21(4)5)24-20-18(16)23-13-14-10-8-7-9-11-14/h7-11H,6,12-13H2,1-5H3. The summed E-state index contributed by atoms with van der Waals surface area (Å²) in [5, 5.41) is 4.01. The molecule has 0 aliphatic rings. The van der Waals surface area contributed by atoms with Crippen molar-refractivity contribution in [1.82, 2.24) is 10.1 Å². The summed E-state index contributed by atoms with van der Waals surface area (Å²) in [5.74, 6) is 0.836. The molecule has 0 unspecified atom stereocenters. The number of Topliss-reactive ketones (excluding diaryl/α,β-unsaturated/α-hetero) is 1. The minimum atomic E-state index is -0.489. The molecule has 0 amide bonds. The Morgan fingerprint density at radius 3 is 2.50 bits per heavy atom. The van der Waals surface area contributed by atoms with E-state index in [0.29, 0.717) is 24.5 Å². The SMILES string of the molecule is CCC(C)(C)C(=O)c1c(OCc2ccccc2)noc1CN(C)C. The van der Waals surface area contributed by atoms with Gasteiger partial charge in [-0.1, -0.05) is 51.1 Å². The maximum atomic E-state index is 13.0. The van der Waals surface area contributed by atoms with Crippen LogP contribution in [0.15, 0.2) is 34.9 Å². The van der Waals surface area contributed by atoms with E-state index in [0.717, 1.165) is 12.0 Å². The average molecular weight is 330 g/mol. The summed E-state index contributed by atoms with van der Waals surface area (Å²) in [6.45, 7) is 6.72. The molecule has 0 aliphatic heterocycles. The lowest BCUT2D eigenvalue weighted by Crippen LogP contribution is -2.25. The van der Waals surface area contributed by atoms with Crippen LogP contribution in [0.4, 0.5) is 0 Å². The zero-order valence-electron chi connectivity index (χ0n) is 15.1. The average Bonchev–Trinajstić information content (AvgIpc) is 2.94. The molecular formula is C19H26N2O3. The zero-order chi connectivity index (χ0) is 17.7. The first-order chi connectivity index (χ1) is 11.3. The van der Waals surface area contributed by atoms with Crippen LogP contribution in [0.2, 0.25) is 0 Å². The van der Waals surface area contributed by atoms with Crippen LogP contribution in [0.1, 0.15) is 48.9 Å². The highest BCUT2D eigenvalue weighted by Gasteiger charge is 2.34. The van der Waals surface area contributed by atoms with Gasteiger partial charge in [0.1, 0.15) is 12.2 Å². The van der Waals surface area contributed by atoms with Crippen LogP contribution in [-0.2, 0) is 13.2 Å². The fraction of sp³-hybridized carbons (Fsp3) is 0.474. The summed E-state index contributed by atoms with van der Waals surface area (Å²) in [4.78, 5) is 14.9. The Hall–Kier alpha value is -2.14. The van der Waals surface area contributed by atoms with Crippen LogP contribution in [-0.4, -0.2) is 29.9 Å². The molecule has 0 aliphatic carbocycles. The van der Waals surface area contributed by atoms with E-state index in [1.165, 1.54) is 0 Å². The Labute approximate surface area is 143 Å². The lowest BCUT2D eigenvalue weighted by molar-refractivity contribution is 0.0825. The second kappa shape index (κ2) is 7.62. The van der Waals surface area contributed by atoms with E-state index in [-0.39, 0.29) is 11.7 Å². The summed E-state index contributed by atoms with van der Waals surface area (Å²) in [6, 6.07) is 9.79. The molecule has 1 heterocycles. The van der Waals surface area contributed by atoms with Gasteiger partial charge >= 0.3 is 0 Å². The number of nitrogens with zero attached hydrogens (tertiary/aromatic N) is 2. The number of benzene rings is 1. The third-order valence-corrected chi connectivity index (χ3v) is 4.14. The predicted octanol–water partition coefficient (Wildman–Crippen LogP) is 3.93. The van der Waals surface area contributed by atoms with E-state index in [2.05, 4.69) is 5.16 Å². The second-order valence-corrected chi connectivity index (χ2v) is 6.86. The topological polar surface area (TPSA) is 55.6 Å². The van der Waals surface area contributed by atoms with E-state index in [4.69, 9.17) is 9.26 Å². The first kappa shape index (κ1) is 18.2. The monoisotopic (exact) mass is 330 g/mol. The van der Waals surface area contributed by atoms with Gasteiger partial charge in [0, 0.05) is 5.41 Å². The molecule has 0 saturated heterocycles. The van der Waals surface area contributed by atoms with E-state index >= 15 is 0 Å². The van der Waals surface area contributed by atoms with Crippen molar-refractivity contribution in [3.8, 4) is 5.88 Å². The van der Waals surface area contributed by atoms with Gasteiger partial charge in [-0.25, -0.2) is 0 Å². The number of ether oxygens (including phenoxy) is 1. The molecule has 130 valence electrons. The quantitative estimate of drug-likeness (QED) is 0.686. The van der Waals surface area contributed by atoms with Crippen molar-refractivity contribution >= 4 is 5.78 Å². The Morgan fingerprint density at radius 1 is 1.25 bits per heavy atom. The summed E-state index contributed by atoms with van der Waals surface area (Å²) in [6.07, 6.45) is 0.733. The van der Waals surface area contributed by atoms with Crippen LogP contribution >= 0.6 is 0 Å². The largest absolute Gasteiger partial charge is 0.470 e. The Morgan fingerprint density at radius 2 is 1.92 bits per heavy atom. The zero-order valence-corrected chi connectivity index (χ0v) is 15.1. The summed E-state index contributed by atoms with van der Waals surface area (Å²) < 4.78 is 11.2. The summed E-state index contributed by atoms with van der Waals surface area (Å²) >= 11 is 0. The van der Waals surface area contributed by atoms with Gasteiger partial charge in [-0.2, -0.15) is 0 Å². The van der Waals surface area contributed by atoms with Crippen molar-refractivity contribution in [2.75, 3.05) is 14.1 Å². The molecule has 1 aromatic carbocycles. The van der Waals surface area contributed by atoms with E-state index in [1.54, 1.807) is 0 Å².